The van der Waals surface area contributed by atoms with Crippen LogP contribution in [0.2, 0.25) is 12.1 Å². The molecule has 9 heteroatoms. The predicted octanol–water partition coefficient (Wildman–Crippen LogP) is 1.89. The number of nitrogens with one attached hydrogen (secondary N) is 1. The highest BCUT2D eigenvalue weighted by atomic mass is 28.4. The minimum Gasteiger partial charge on any atom is -0.377 e. The van der Waals surface area contributed by atoms with Gasteiger partial charge in [-0.1, -0.05) is 0 Å². The normalized spacial score (nSPS) is 12.8. The summed E-state index contributed by atoms with van der Waals surface area (Å²) in [5, 5.41) is 3.42. The van der Waals surface area contributed by atoms with Gasteiger partial charge in [-0.05, 0) is 39.8 Å². The molecule has 0 heterocycles. The maximum Gasteiger partial charge on any atom is 0.500 e. The third-order valence-corrected chi connectivity index (χ3v) is 9.52. The van der Waals surface area contributed by atoms with Crippen LogP contribution in [0, 0.1) is 0 Å². The van der Waals surface area contributed by atoms with Gasteiger partial charge in [-0.25, -0.2) is 0 Å². The Morgan fingerprint density at radius 3 is 1.26 bits per heavy atom. The van der Waals surface area contributed by atoms with Crippen LogP contribution in [0.3, 0.4) is 0 Å². The van der Waals surface area contributed by atoms with Crippen molar-refractivity contribution in [1.82, 2.24) is 5.32 Å². The van der Waals surface area contributed by atoms with Gasteiger partial charge in [0.2, 0.25) is 0 Å². The molecule has 0 amide bonds. The second-order valence-corrected chi connectivity index (χ2v) is 10.9. The lowest BCUT2D eigenvalue weighted by Gasteiger charge is -2.26. The second-order valence-electron chi connectivity index (χ2n) is 5.01. The van der Waals surface area contributed by atoms with Gasteiger partial charge in [0, 0.05) is 53.7 Å². The molecule has 0 aliphatic carbocycles. The molecular weight excluding hydrogens is 334 g/mol. The summed E-state index contributed by atoms with van der Waals surface area (Å²) in [7, 11) is 1.72. The molecule has 0 atom stereocenters. The molecule has 0 aromatic carbocycles. The van der Waals surface area contributed by atoms with E-state index < -0.39 is 17.6 Å². The molecule has 0 aromatic heterocycles. The number of rotatable bonds is 16. The van der Waals surface area contributed by atoms with Gasteiger partial charge in [0.05, 0.1) is 0 Å². The SMILES string of the molecule is CCO[Si](CCCNCCC[Si](OC)(OC)OCC)(OC)OC. The van der Waals surface area contributed by atoms with Gasteiger partial charge in [-0.3, -0.25) is 0 Å². The molecule has 23 heavy (non-hydrogen) atoms. The largest absolute Gasteiger partial charge is 0.500 e. The van der Waals surface area contributed by atoms with Gasteiger partial charge in [0.1, 0.15) is 0 Å². The maximum atomic E-state index is 5.68. The summed E-state index contributed by atoms with van der Waals surface area (Å²) in [5.41, 5.74) is 0. The smallest absolute Gasteiger partial charge is 0.377 e. The highest BCUT2D eigenvalue weighted by molar-refractivity contribution is 6.60. The third-order valence-electron chi connectivity index (χ3n) is 3.65. The van der Waals surface area contributed by atoms with Crippen molar-refractivity contribution in [2.75, 3.05) is 54.7 Å². The zero-order chi connectivity index (χ0) is 17.6. The van der Waals surface area contributed by atoms with E-state index in [0.717, 1.165) is 38.0 Å². The van der Waals surface area contributed by atoms with Gasteiger partial charge in [-0.2, -0.15) is 0 Å². The Balaban J connectivity index is 3.92. The lowest BCUT2D eigenvalue weighted by atomic mass is 10.4. The lowest BCUT2D eigenvalue weighted by molar-refractivity contribution is 0.103. The average molecular weight is 370 g/mol. The Kier molecular flexibility index (Phi) is 13.5. The standard InChI is InChI=1S/C14H35NO6Si2/c1-7-20-22(16-3,17-4)13-9-11-15-12-10-14-23(18-5,19-6)21-8-2/h15H,7-14H2,1-6H3. The molecule has 0 saturated carbocycles. The number of hydrogen-bond donors (Lipinski definition) is 1. The minimum atomic E-state index is -2.46. The predicted molar refractivity (Wildman–Crippen MR) is 94.5 cm³/mol. The van der Waals surface area contributed by atoms with Crippen LogP contribution in [0.5, 0.6) is 0 Å². The molecule has 0 unspecified atom stereocenters. The first-order valence-corrected chi connectivity index (χ1v) is 12.1. The highest BCUT2D eigenvalue weighted by Crippen LogP contribution is 2.16. The monoisotopic (exact) mass is 369 g/mol. The van der Waals surface area contributed by atoms with Crippen LogP contribution < -0.4 is 5.32 Å². The Hall–Kier alpha value is 0.154. The van der Waals surface area contributed by atoms with E-state index in [9.17, 15) is 0 Å². The van der Waals surface area contributed by atoms with Crippen molar-refractivity contribution in [1.29, 1.82) is 0 Å². The third kappa shape index (κ3) is 8.70. The van der Waals surface area contributed by atoms with Crippen molar-refractivity contribution >= 4 is 17.6 Å². The molecule has 0 radical (unpaired) electrons. The van der Waals surface area contributed by atoms with Crippen LogP contribution in [-0.2, 0) is 26.6 Å². The molecule has 0 fully saturated rings. The zero-order valence-corrected chi connectivity index (χ0v) is 17.6. The summed E-state index contributed by atoms with van der Waals surface area (Å²) in [6.07, 6.45) is 1.91. The molecular formula is C14H35NO6Si2. The topological polar surface area (TPSA) is 67.4 Å². The first-order chi connectivity index (χ1) is 11.1. The average Bonchev–Trinajstić information content (AvgIpc) is 2.59. The van der Waals surface area contributed by atoms with Crippen molar-refractivity contribution in [3.8, 4) is 0 Å². The Bertz CT molecular complexity index is 252. The van der Waals surface area contributed by atoms with E-state index in [1.54, 1.807) is 28.4 Å². The summed E-state index contributed by atoms with van der Waals surface area (Å²) in [6, 6.07) is 1.63. The molecule has 1 N–H and O–H groups in total. The van der Waals surface area contributed by atoms with Crippen LogP contribution in [0.15, 0.2) is 0 Å². The zero-order valence-electron chi connectivity index (χ0n) is 15.6. The van der Waals surface area contributed by atoms with Gasteiger partial charge in [-0.15, -0.1) is 0 Å². The molecule has 0 aliphatic heterocycles. The first kappa shape index (κ1) is 23.2. The molecule has 0 spiro atoms. The van der Waals surface area contributed by atoms with E-state index >= 15 is 0 Å². The number of hydrogen-bond acceptors (Lipinski definition) is 7. The van der Waals surface area contributed by atoms with Crippen LogP contribution in [0.1, 0.15) is 26.7 Å². The Morgan fingerprint density at radius 2 is 1.00 bits per heavy atom. The summed E-state index contributed by atoms with van der Waals surface area (Å²) in [4.78, 5) is 0. The van der Waals surface area contributed by atoms with E-state index in [1.165, 1.54) is 0 Å². The van der Waals surface area contributed by atoms with Crippen molar-refractivity contribution in [3.63, 3.8) is 0 Å². The molecule has 0 rings (SSSR count). The lowest BCUT2D eigenvalue weighted by Crippen LogP contribution is -2.44. The Labute approximate surface area is 143 Å². The van der Waals surface area contributed by atoms with E-state index in [1.807, 2.05) is 13.8 Å². The van der Waals surface area contributed by atoms with Gasteiger partial charge >= 0.3 is 17.6 Å². The minimum absolute atomic E-state index is 0.611. The highest BCUT2D eigenvalue weighted by Gasteiger charge is 2.38. The van der Waals surface area contributed by atoms with Gasteiger partial charge in [0.25, 0.3) is 0 Å². The van der Waals surface area contributed by atoms with E-state index in [-0.39, 0.29) is 0 Å². The fourth-order valence-corrected chi connectivity index (χ4v) is 6.39. The van der Waals surface area contributed by atoms with Crippen molar-refractivity contribution in [2.24, 2.45) is 0 Å². The quantitative estimate of drug-likeness (QED) is 0.329. The Morgan fingerprint density at radius 1 is 0.652 bits per heavy atom. The molecule has 0 aliphatic rings. The van der Waals surface area contributed by atoms with Crippen molar-refractivity contribution in [3.05, 3.63) is 0 Å². The molecule has 7 nitrogen and oxygen atoms in total. The molecule has 140 valence electrons. The van der Waals surface area contributed by atoms with Gasteiger partial charge < -0.3 is 31.9 Å². The van der Waals surface area contributed by atoms with Crippen LogP contribution in [0.25, 0.3) is 0 Å². The van der Waals surface area contributed by atoms with E-state index in [2.05, 4.69) is 5.32 Å². The van der Waals surface area contributed by atoms with E-state index in [4.69, 9.17) is 26.6 Å². The fraction of sp³-hybridized carbons (Fsp3) is 1.00. The molecule has 0 bridgehead atoms. The summed E-state index contributed by atoms with van der Waals surface area (Å²) in [6.45, 7) is 6.94. The van der Waals surface area contributed by atoms with Crippen LogP contribution >= 0.6 is 0 Å². The maximum absolute atomic E-state index is 5.68. The molecule has 0 aromatic rings. The van der Waals surface area contributed by atoms with Crippen LogP contribution in [-0.4, -0.2) is 72.4 Å². The van der Waals surface area contributed by atoms with Gasteiger partial charge in [0.15, 0.2) is 0 Å². The van der Waals surface area contributed by atoms with Crippen molar-refractivity contribution in [2.45, 2.75) is 38.8 Å². The van der Waals surface area contributed by atoms with E-state index in [0.29, 0.717) is 13.2 Å². The summed E-state index contributed by atoms with van der Waals surface area (Å²) < 4.78 is 33.3. The summed E-state index contributed by atoms with van der Waals surface area (Å²) >= 11 is 0. The second kappa shape index (κ2) is 13.4. The summed E-state index contributed by atoms with van der Waals surface area (Å²) in [5.74, 6) is 0. The fourth-order valence-electron chi connectivity index (χ4n) is 2.38. The molecule has 0 saturated heterocycles. The first-order valence-electron chi connectivity index (χ1n) is 8.26. The van der Waals surface area contributed by atoms with Crippen LogP contribution in [0.4, 0.5) is 0 Å². The van der Waals surface area contributed by atoms with Crippen molar-refractivity contribution < 1.29 is 26.6 Å².